The number of aromatic nitrogens is 1. The van der Waals surface area contributed by atoms with Crippen molar-refractivity contribution in [3.05, 3.63) is 63.5 Å². The topological polar surface area (TPSA) is 68.0 Å². The van der Waals surface area contributed by atoms with E-state index in [1.165, 1.54) is 45.0 Å². The first-order valence-electron chi connectivity index (χ1n) is 10.3. The fourth-order valence-corrected chi connectivity index (χ4v) is 6.00. The fraction of sp³-hybridized carbons (Fsp3) is 0.250. The van der Waals surface area contributed by atoms with Crippen molar-refractivity contribution in [2.75, 3.05) is 11.1 Å². The number of hydrogen-bond donors (Lipinski definition) is 2. The van der Waals surface area contributed by atoms with Gasteiger partial charge in [-0.25, -0.2) is 4.98 Å². The maximum Gasteiger partial charge on any atom is 0.267 e. The summed E-state index contributed by atoms with van der Waals surface area (Å²) in [6, 6.07) is 12.2. The molecule has 0 unspecified atom stereocenters. The minimum Gasteiger partial charge on any atom is -0.397 e. The number of nitrogens with zero attached hydrogens (tertiary/aromatic N) is 1. The molecule has 3 heterocycles. The van der Waals surface area contributed by atoms with Crippen molar-refractivity contribution in [2.45, 2.75) is 39.0 Å². The number of fused-ring (bicyclic) bond motifs is 2. The second-order valence-corrected chi connectivity index (χ2v) is 9.57. The van der Waals surface area contributed by atoms with Crippen LogP contribution in [-0.2, 0) is 19.3 Å². The molecule has 0 atom stereocenters. The van der Waals surface area contributed by atoms with Crippen LogP contribution in [0.1, 0.15) is 46.3 Å². The SMILES string of the molecule is CCc1ccc(NC(=O)c2sc3nc4c(c(-c5cccs5)c3c2N)CCCC4)cc1. The van der Waals surface area contributed by atoms with E-state index in [1.54, 1.807) is 11.3 Å². The first kappa shape index (κ1) is 19.3. The van der Waals surface area contributed by atoms with Gasteiger partial charge in [-0.3, -0.25) is 4.79 Å². The lowest BCUT2D eigenvalue weighted by atomic mass is 9.90. The Kier molecular flexibility index (Phi) is 5.05. The molecule has 0 bridgehead atoms. The highest BCUT2D eigenvalue weighted by Crippen LogP contribution is 2.45. The Hall–Kier alpha value is -2.70. The van der Waals surface area contributed by atoms with E-state index in [9.17, 15) is 4.79 Å². The third kappa shape index (κ3) is 3.30. The van der Waals surface area contributed by atoms with Gasteiger partial charge in [-0.05, 0) is 66.8 Å². The predicted molar refractivity (Wildman–Crippen MR) is 128 cm³/mol. The molecule has 0 radical (unpaired) electrons. The van der Waals surface area contributed by atoms with Gasteiger partial charge in [0.1, 0.15) is 9.71 Å². The quantitative estimate of drug-likeness (QED) is 0.397. The number of rotatable bonds is 4. The Bertz CT molecular complexity index is 1220. The summed E-state index contributed by atoms with van der Waals surface area (Å²) in [5.74, 6) is -0.171. The van der Waals surface area contributed by atoms with Crippen LogP contribution in [0.25, 0.3) is 20.7 Å². The lowest BCUT2D eigenvalue weighted by molar-refractivity contribution is 0.103. The van der Waals surface area contributed by atoms with Crippen LogP contribution in [0.3, 0.4) is 0 Å². The lowest BCUT2D eigenvalue weighted by Gasteiger charge is -2.19. The van der Waals surface area contributed by atoms with Gasteiger partial charge in [0.25, 0.3) is 5.91 Å². The molecular formula is C24H23N3OS2. The molecule has 4 aromatic rings. The lowest BCUT2D eigenvalue weighted by Crippen LogP contribution is -2.12. The summed E-state index contributed by atoms with van der Waals surface area (Å²) in [4.78, 5) is 20.6. The molecule has 5 rings (SSSR count). The molecule has 3 N–H and O–H groups in total. The Morgan fingerprint density at radius 2 is 1.97 bits per heavy atom. The number of aryl methyl sites for hydroxylation is 2. The highest BCUT2D eigenvalue weighted by Gasteiger charge is 2.26. The van der Waals surface area contributed by atoms with Gasteiger partial charge in [-0.15, -0.1) is 22.7 Å². The standard InChI is InChI=1S/C24H23N3OS2/c1-2-14-9-11-15(12-10-14)26-23(28)22-21(25)20-19(18-8-5-13-29-18)16-6-3-4-7-17(16)27-24(20)30-22/h5,8-13H,2-4,6-7,25H2,1H3,(H,26,28). The summed E-state index contributed by atoms with van der Waals surface area (Å²) in [6.45, 7) is 2.11. The normalized spacial score (nSPS) is 13.4. The zero-order chi connectivity index (χ0) is 20.7. The monoisotopic (exact) mass is 433 g/mol. The van der Waals surface area contributed by atoms with Crippen LogP contribution < -0.4 is 11.1 Å². The number of amides is 1. The van der Waals surface area contributed by atoms with Crippen LogP contribution in [0.2, 0.25) is 0 Å². The second kappa shape index (κ2) is 7.85. The van der Waals surface area contributed by atoms with E-state index >= 15 is 0 Å². The molecule has 3 aromatic heterocycles. The Labute approximate surface area is 183 Å². The zero-order valence-electron chi connectivity index (χ0n) is 16.8. The van der Waals surface area contributed by atoms with Crippen LogP contribution in [0.5, 0.6) is 0 Å². The summed E-state index contributed by atoms with van der Waals surface area (Å²) in [7, 11) is 0. The molecule has 1 aromatic carbocycles. The van der Waals surface area contributed by atoms with Crippen molar-refractivity contribution in [1.29, 1.82) is 0 Å². The third-order valence-electron chi connectivity index (χ3n) is 5.75. The molecule has 0 aliphatic heterocycles. The van der Waals surface area contributed by atoms with Crippen molar-refractivity contribution >= 4 is 50.2 Å². The third-order valence-corrected chi connectivity index (χ3v) is 7.73. The van der Waals surface area contributed by atoms with Crippen LogP contribution in [0.15, 0.2) is 41.8 Å². The van der Waals surface area contributed by atoms with Crippen molar-refractivity contribution in [1.82, 2.24) is 4.98 Å². The molecule has 0 saturated carbocycles. The minimum atomic E-state index is -0.171. The summed E-state index contributed by atoms with van der Waals surface area (Å²) in [5.41, 5.74) is 12.8. The number of carbonyl (C=O) groups excluding carboxylic acids is 1. The molecule has 1 amide bonds. The predicted octanol–water partition coefficient (Wildman–Crippen LogP) is 6.30. The number of anilines is 2. The largest absolute Gasteiger partial charge is 0.397 e. The number of benzene rings is 1. The summed E-state index contributed by atoms with van der Waals surface area (Å²) in [6.07, 6.45) is 5.32. The van der Waals surface area contributed by atoms with Gasteiger partial charge in [0.05, 0.1) is 5.69 Å². The van der Waals surface area contributed by atoms with Crippen LogP contribution in [-0.4, -0.2) is 10.9 Å². The Balaban J connectivity index is 1.61. The number of pyridine rings is 1. The van der Waals surface area contributed by atoms with Crippen molar-refractivity contribution in [3.8, 4) is 10.4 Å². The van der Waals surface area contributed by atoms with E-state index in [-0.39, 0.29) is 5.91 Å². The molecule has 0 spiro atoms. The van der Waals surface area contributed by atoms with E-state index in [4.69, 9.17) is 10.7 Å². The van der Waals surface area contributed by atoms with Gasteiger partial charge in [0.2, 0.25) is 0 Å². The first-order chi connectivity index (χ1) is 14.7. The Morgan fingerprint density at radius 1 is 1.17 bits per heavy atom. The summed E-state index contributed by atoms with van der Waals surface area (Å²) in [5, 5.41) is 6.03. The van der Waals surface area contributed by atoms with E-state index in [0.717, 1.165) is 41.6 Å². The minimum absolute atomic E-state index is 0.171. The van der Waals surface area contributed by atoms with Gasteiger partial charge < -0.3 is 11.1 Å². The highest BCUT2D eigenvalue weighted by atomic mass is 32.1. The molecule has 0 saturated heterocycles. The van der Waals surface area contributed by atoms with Crippen LogP contribution >= 0.6 is 22.7 Å². The maximum atomic E-state index is 13.1. The number of hydrogen-bond acceptors (Lipinski definition) is 5. The average molecular weight is 434 g/mol. The first-order valence-corrected chi connectivity index (χ1v) is 12.0. The van der Waals surface area contributed by atoms with Crippen molar-refractivity contribution < 1.29 is 4.79 Å². The van der Waals surface area contributed by atoms with Gasteiger partial charge >= 0.3 is 0 Å². The molecule has 1 aliphatic rings. The number of nitrogen functional groups attached to an aromatic ring is 1. The number of nitrogens with one attached hydrogen (secondary N) is 1. The summed E-state index contributed by atoms with van der Waals surface area (Å²) >= 11 is 3.12. The average Bonchev–Trinajstić information content (AvgIpc) is 3.41. The number of thiophene rings is 2. The van der Waals surface area contributed by atoms with Gasteiger partial charge in [-0.2, -0.15) is 0 Å². The molecular weight excluding hydrogens is 410 g/mol. The number of nitrogens with two attached hydrogens (primary N) is 1. The van der Waals surface area contributed by atoms with E-state index in [1.807, 2.05) is 24.3 Å². The fourth-order valence-electron chi connectivity index (χ4n) is 4.18. The number of carbonyl (C=O) groups is 1. The van der Waals surface area contributed by atoms with E-state index in [2.05, 4.69) is 29.8 Å². The Morgan fingerprint density at radius 3 is 2.70 bits per heavy atom. The highest BCUT2D eigenvalue weighted by molar-refractivity contribution is 7.21. The van der Waals surface area contributed by atoms with Gasteiger partial charge in [0.15, 0.2) is 0 Å². The molecule has 4 nitrogen and oxygen atoms in total. The maximum absolute atomic E-state index is 13.1. The van der Waals surface area contributed by atoms with Gasteiger partial charge in [0, 0.05) is 27.2 Å². The van der Waals surface area contributed by atoms with Gasteiger partial charge in [-0.1, -0.05) is 25.1 Å². The van der Waals surface area contributed by atoms with E-state index in [0.29, 0.717) is 10.6 Å². The smallest absolute Gasteiger partial charge is 0.267 e. The summed E-state index contributed by atoms with van der Waals surface area (Å²) < 4.78 is 0. The van der Waals surface area contributed by atoms with Crippen molar-refractivity contribution in [2.24, 2.45) is 0 Å². The molecule has 1 aliphatic carbocycles. The van der Waals surface area contributed by atoms with Crippen LogP contribution in [0.4, 0.5) is 11.4 Å². The molecule has 0 fully saturated rings. The van der Waals surface area contributed by atoms with E-state index < -0.39 is 0 Å². The molecule has 30 heavy (non-hydrogen) atoms. The molecule has 6 heteroatoms. The van der Waals surface area contributed by atoms with Crippen LogP contribution in [0, 0.1) is 0 Å². The van der Waals surface area contributed by atoms with Crippen molar-refractivity contribution in [3.63, 3.8) is 0 Å². The zero-order valence-corrected chi connectivity index (χ0v) is 18.5. The second-order valence-electron chi connectivity index (χ2n) is 7.63. The molecule has 152 valence electrons.